The van der Waals surface area contributed by atoms with Crippen molar-refractivity contribution in [2.24, 2.45) is 0 Å². The van der Waals surface area contributed by atoms with Crippen LogP contribution in [-0.2, 0) is 4.79 Å². The molecule has 1 amide bonds. The zero-order valence-corrected chi connectivity index (χ0v) is 15.1. The predicted octanol–water partition coefficient (Wildman–Crippen LogP) is 2.94. The second-order valence-corrected chi connectivity index (χ2v) is 6.66. The molecular formula is C17H25Cl2N3O. The number of hydrogen-bond acceptors (Lipinski definition) is 3. The van der Waals surface area contributed by atoms with Crippen LogP contribution in [0.3, 0.4) is 0 Å². The Morgan fingerprint density at radius 3 is 2.61 bits per heavy atom. The molecule has 2 aliphatic heterocycles. The third-order valence-electron chi connectivity index (χ3n) is 5.00. The number of benzene rings is 1. The molecule has 4 nitrogen and oxygen atoms in total. The Morgan fingerprint density at radius 1 is 1.30 bits per heavy atom. The summed E-state index contributed by atoms with van der Waals surface area (Å²) in [6, 6.07) is 7.94. The maximum atomic E-state index is 12.9. The number of halogens is 2. The molecule has 0 aromatic heterocycles. The van der Waals surface area contributed by atoms with E-state index in [1.54, 1.807) is 0 Å². The molecule has 2 aliphatic rings. The van der Waals surface area contributed by atoms with Crippen molar-refractivity contribution in [1.82, 2.24) is 10.2 Å². The minimum atomic E-state index is -0.307. The molecule has 128 valence electrons. The molecule has 2 fully saturated rings. The van der Waals surface area contributed by atoms with Gasteiger partial charge < -0.3 is 15.1 Å². The van der Waals surface area contributed by atoms with Gasteiger partial charge in [0.1, 0.15) is 0 Å². The molecule has 1 atom stereocenters. The number of amides is 1. The summed E-state index contributed by atoms with van der Waals surface area (Å²) in [4.78, 5) is 17.2. The van der Waals surface area contributed by atoms with Crippen molar-refractivity contribution in [2.45, 2.75) is 31.7 Å². The zero-order chi connectivity index (χ0) is 15.6. The molecular weight excluding hydrogens is 333 g/mol. The van der Waals surface area contributed by atoms with E-state index in [9.17, 15) is 4.79 Å². The van der Waals surface area contributed by atoms with Crippen LogP contribution in [0.15, 0.2) is 24.3 Å². The average molecular weight is 358 g/mol. The van der Waals surface area contributed by atoms with Gasteiger partial charge in [0.15, 0.2) is 0 Å². The number of nitrogens with one attached hydrogen (secondary N) is 1. The van der Waals surface area contributed by atoms with Crippen molar-refractivity contribution in [3.63, 3.8) is 0 Å². The second kappa shape index (κ2) is 7.73. The van der Waals surface area contributed by atoms with Crippen LogP contribution in [0.25, 0.3) is 0 Å². The van der Waals surface area contributed by atoms with E-state index < -0.39 is 0 Å². The van der Waals surface area contributed by atoms with Gasteiger partial charge in [0.05, 0.1) is 5.54 Å². The number of carbonyl (C=O) groups excluding carboxylic acids is 1. The lowest BCUT2D eigenvalue weighted by molar-refractivity contribution is -0.138. The molecule has 3 rings (SSSR count). The third-order valence-corrected chi connectivity index (χ3v) is 5.23. The highest BCUT2D eigenvalue weighted by Crippen LogP contribution is 2.27. The molecule has 0 saturated carbocycles. The lowest BCUT2D eigenvalue weighted by atomic mass is 9.92. The summed E-state index contributed by atoms with van der Waals surface area (Å²) in [5.41, 5.74) is 0.835. The van der Waals surface area contributed by atoms with Crippen LogP contribution >= 0.6 is 24.0 Å². The van der Waals surface area contributed by atoms with Gasteiger partial charge in [0, 0.05) is 36.9 Å². The lowest BCUT2D eigenvalue weighted by Gasteiger charge is -2.40. The Kier molecular flexibility index (Phi) is 6.18. The summed E-state index contributed by atoms with van der Waals surface area (Å²) < 4.78 is 0. The molecule has 0 radical (unpaired) electrons. The zero-order valence-electron chi connectivity index (χ0n) is 13.6. The van der Waals surface area contributed by atoms with Crippen LogP contribution in [0.2, 0.25) is 5.02 Å². The molecule has 23 heavy (non-hydrogen) atoms. The molecule has 6 heteroatoms. The topological polar surface area (TPSA) is 35.6 Å². The summed E-state index contributed by atoms with van der Waals surface area (Å²) in [5.74, 6) is 0.290. The standard InChI is InChI=1S/C17H24ClN3O.ClH/c1-2-17(7-4-8-19-17)16(22)21-11-9-20(10-12-21)15-6-3-5-14(18)13-15;/h3,5-6,13,19H,2,4,7-12H2,1H3;1H. The minimum Gasteiger partial charge on any atom is -0.368 e. The van der Waals surface area contributed by atoms with Gasteiger partial charge in [-0.2, -0.15) is 0 Å². The number of hydrogen-bond donors (Lipinski definition) is 1. The minimum absolute atomic E-state index is 0. The molecule has 2 heterocycles. The van der Waals surface area contributed by atoms with Crippen molar-refractivity contribution in [2.75, 3.05) is 37.6 Å². The van der Waals surface area contributed by atoms with Crippen molar-refractivity contribution >= 4 is 35.6 Å². The van der Waals surface area contributed by atoms with E-state index in [-0.39, 0.29) is 17.9 Å². The second-order valence-electron chi connectivity index (χ2n) is 6.23. The van der Waals surface area contributed by atoms with Crippen LogP contribution in [0.5, 0.6) is 0 Å². The monoisotopic (exact) mass is 357 g/mol. The van der Waals surface area contributed by atoms with Crippen molar-refractivity contribution in [3.05, 3.63) is 29.3 Å². The Labute approximate surface area is 149 Å². The Morgan fingerprint density at radius 2 is 2.04 bits per heavy atom. The molecule has 0 aliphatic carbocycles. The quantitative estimate of drug-likeness (QED) is 0.903. The lowest BCUT2D eigenvalue weighted by Crippen LogP contribution is -2.59. The number of piperazine rings is 1. The Balaban J connectivity index is 0.00000192. The summed E-state index contributed by atoms with van der Waals surface area (Å²) in [5, 5.41) is 4.21. The van der Waals surface area contributed by atoms with Gasteiger partial charge in [-0.05, 0) is 44.0 Å². The smallest absolute Gasteiger partial charge is 0.242 e. The van der Waals surface area contributed by atoms with E-state index in [1.807, 2.05) is 23.1 Å². The Bertz CT molecular complexity index is 538. The van der Waals surface area contributed by atoms with Crippen LogP contribution < -0.4 is 10.2 Å². The van der Waals surface area contributed by atoms with Crippen molar-refractivity contribution in [1.29, 1.82) is 0 Å². The van der Waals surface area contributed by atoms with E-state index in [0.717, 1.165) is 62.7 Å². The van der Waals surface area contributed by atoms with E-state index in [4.69, 9.17) is 11.6 Å². The summed E-state index contributed by atoms with van der Waals surface area (Å²) >= 11 is 6.07. The van der Waals surface area contributed by atoms with Crippen LogP contribution in [0, 0.1) is 0 Å². The van der Waals surface area contributed by atoms with Crippen LogP contribution in [0.1, 0.15) is 26.2 Å². The average Bonchev–Trinajstić information content (AvgIpc) is 3.04. The van der Waals surface area contributed by atoms with Gasteiger partial charge in [-0.3, -0.25) is 4.79 Å². The summed E-state index contributed by atoms with van der Waals surface area (Å²) in [7, 11) is 0. The fraction of sp³-hybridized carbons (Fsp3) is 0.588. The number of carbonyl (C=O) groups is 1. The van der Waals surface area contributed by atoms with E-state index >= 15 is 0 Å². The first-order valence-electron chi connectivity index (χ1n) is 8.19. The Hall–Kier alpha value is -0.970. The van der Waals surface area contributed by atoms with Gasteiger partial charge in [0.2, 0.25) is 5.91 Å². The predicted molar refractivity (Wildman–Crippen MR) is 97.8 cm³/mol. The maximum Gasteiger partial charge on any atom is 0.242 e. The first kappa shape index (κ1) is 18.4. The summed E-state index contributed by atoms with van der Waals surface area (Å²) in [6.07, 6.45) is 2.94. The highest BCUT2D eigenvalue weighted by atomic mass is 35.5. The normalized spacial score (nSPS) is 24.4. The highest BCUT2D eigenvalue weighted by Gasteiger charge is 2.42. The fourth-order valence-corrected chi connectivity index (χ4v) is 3.77. The number of nitrogens with zero attached hydrogens (tertiary/aromatic N) is 2. The number of rotatable bonds is 3. The van der Waals surface area contributed by atoms with Gasteiger partial charge >= 0.3 is 0 Å². The molecule has 0 spiro atoms. The van der Waals surface area contributed by atoms with Crippen LogP contribution in [-0.4, -0.2) is 49.1 Å². The first-order chi connectivity index (χ1) is 10.6. The molecule has 1 unspecified atom stereocenters. The van der Waals surface area contributed by atoms with Gasteiger partial charge in [-0.1, -0.05) is 24.6 Å². The van der Waals surface area contributed by atoms with Crippen LogP contribution in [0.4, 0.5) is 5.69 Å². The van der Waals surface area contributed by atoms with Gasteiger partial charge in [0.25, 0.3) is 0 Å². The fourth-order valence-electron chi connectivity index (χ4n) is 3.58. The van der Waals surface area contributed by atoms with Crippen molar-refractivity contribution < 1.29 is 4.79 Å². The molecule has 2 saturated heterocycles. The molecule has 1 aromatic rings. The first-order valence-corrected chi connectivity index (χ1v) is 8.57. The van der Waals surface area contributed by atoms with E-state index in [0.29, 0.717) is 5.91 Å². The molecule has 0 bridgehead atoms. The largest absolute Gasteiger partial charge is 0.368 e. The maximum absolute atomic E-state index is 12.9. The third kappa shape index (κ3) is 3.76. The van der Waals surface area contributed by atoms with Gasteiger partial charge in [-0.25, -0.2) is 0 Å². The molecule has 1 aromatic carbocycles. The molecule has 1 N–H and O–H groups in total. The van der Waals surface area contributed by atoms with Crippen molar-refractivity contribution in [3.8, 4) is 0 Å². The number of anilines is 1. The highest BCUT2D eigenvalue weighted by molar-refractivity contribution is 6.30. The summed E-state index contributed by atoms with van der Waals surface area (Å²) in [6.45, 7) is 6.38. The van der Waals surface area contributed by atoms with E-state index in [1.165, 1.54) is 0 Å². The van der Waals surface area contributed by atoms with Gasteiger partial charge in [-0.15, -0.1) is 12.4 Å². The van der Waals surface area contributed by atoms with E-state index in [2.05, 4.69) is 23.2 Å². The SMILES string of the molecule is CCC1(C(=O)N2CCN(c3cccc(Cl)c3)CC2)CCCN1.Cl.